The maximum atomic E-state index is 3.36. The van der Waals surface area contributed by atoms with Gasteiger partial charge in [0.25, 0.3) is 0 Å². The third-order valence-electron chi connectivity index (χ3n) is 0. The van der Waals surface area contributed by atoms with Crippen molar-refractivity contribution in [3.8, 4) is 0 Å². The summed E-state index contributed by atoms with van der Waals surface area (Å²) >= 11 is 0. The predicted molar refractivity (Wildman–Crippen MR) is 61.3 cm³/mol. The van der Waals surface area contributed by atoms with Gasteiger partial charge in [0.1, 0.15) is 0 Å². The monoisotopic (exact) mass is 281 g/mol. The standard InChI is InChI=1S/2C3H7N.C3H6N.CH3.2Ti/c3*1-4(2)3;;;/h2*1-2H2,3H3;1-3H2;1H3;;/q2*-2;-3;-1;2*+4. The molecule has 0 rings (SSSR count). The van der Waals surface area contributed by atoms with Crippen molar-refractivity contribution in [3.05, 3.63) is 56.8 Å². The van der Waals surface area contributed by atoms with Gasteiger partial charge in [0, 0.05) is 0 Å². The number of hydrogen-bond acceptors (Lipinski definition) is 3. The minimum absolute atomic E-state index is 0. The number of hydrogen-bond donors (Lipinski definition) is 0. The summed E-state index contributed by atoms with van der Waals surface area (Å²) in [7, 11) is 26.8. The summed E-state index contributed by atoms with van der Waals surface area (Å²) in [4.78, 5) is 4.25. The average molecular weight is 281 g/mol. The zero-order chi connectivity index (χ0) is 10.7. The van der Waals surface area contributed by atoms with Crippen molar-refractivity contribution in [2.45, 2.75) is 0 Å². The van der Waals surface area contributed by atoms with Gasteiger partial charge in [-0.1, -0.05) is 14.1 Å². The molecule has 0 spiro atoms. The second-order valence-electron chi connectivity index (χ2n) is 2.38. The summed E-state index contributed by atoms with van der Waals surface area (Å²) in [6.07, 6.45) is 0. The molecule has 86 valence electrons. The van der Waals surface area contributed by atoms with Crippen LogP contribution in [-0.4, -0.2) is 28.8 Å². The molecule has 0 bridgehead atoms. The summed E-state index contributed by atoms with van der Waals surface area (Å²) in [5, 5.41) is 0. The summed E-state index contributed by atoms with van der Waals surface area (Å²) in [5.74, 6) is 0. The molecule has 0 aromatic heterocycles. The van der Waals surface area contributed by atoms with Crippen molar-refractivity contribution in [3.63, 3.8) is 0 Å². The van der Waals surface area contributed by atoms with Gasteiger partial charge >= 0.3 is 43.4 Å². The molecule has 0 aliphatic heterocycles. The molecule has 0 aromatic rings. The SMILES string of the molecule is [CH2-]N([CH2-])C.[CH2-]N([CH2-])C.[CH2-]N([CH2-])[CH2-].[CH3-].[Ti+4].[Ti+4]. The Bertz CT molecular complexity index is 47.2. The van der Waals surface area contributed by atoms with Crippen LogP contribution in [0.2, 0.25) is 0 Å². The fraction of sp³-hybridized carbons (Fsp3) is 0.200. The Morgan fingerprint density at radius 2 is 0.600 bits per heavy atom. The second-order valence-corrected chi connectivity index (χ2v) is 2.38. The van der Waals surface area contributed by atoms with Crippen LogP contribution in [0.25, 0.3) is 0 Å². The Morgan fingerprint density at radius 1 is 0.600 bits per heavy atom. The first-order valence-electron chi connectivity index (χ1n) is 3.11. The minimum atomic E-state index is 0. The van der Waals surface area contributed by atoms with Gasteiger partial charge in [-0.3, -0.25) is 0 Å². The largest absolute Gasteiger partial charge is 4.00 e. The fourth-order valence-corrected chi connectivity index (χ4v) is 0. The zero-order valence-corrected chi connectivity index (χ0v) is 13.4. The van der Waals surface area contributed by atoms with Crippen LogP contribution in [0.4, 0.5) is 0 Å². The van der Waals surface area contributed by atoms with Crippen LogP contribution in [0.3, 0.4) is 0 Å². The number of rotatable bonds is 0. The Morgan fingerprint density at radius 3 is 0.600 bits per heavy atom. The molecule has 15 heavy (non-hydrogen) atoms. The Kier molecular flexibility index (Phi) is 70.7. The second kappa shape index (κ2) is 29.5. The van der Waals surface area contributed by atoms with E-state index in [1.54, 1.807) is 14.1 Å². The van der Waals surface area contributed by atoms with Crippen molar-refractivity contribution in [2.24, 2.45) is 0 Å². The molecule has 0 N–H and O–H groups in total. The smallest absolute Gasteiger partial charge is 0.770 e. The van der Waals surface area contributed by atoms with Crippen molar-refractivity contribution in [2.75, 3.05) is 14.1 Å². The normalized spacial score (nSPS) is 7.20. The van der Waals surface area contributed by atoms with Gasteiger partial charge in [0.2, 0.25) is 0 Å². The molecule has 0 radical (unpaired) electrons. The Balaban J connectivity index is -0.0000000184. The van der Waals surface area contributed by atoms with E-state index in [2.05, 4.69) is 49.3 Å². The molecule has 0 fully saturated rings. The molecule has 0 atom stereocenters. The molecule has 0 amide bonds. The molecule has 0 unspecified atom stereocenters. The summed E-state index contributed by atoms with van der Waals surface area (Å²) in [5.41, 5.74) is 0. The minimum Gasteiger partial charge on any atom is -0.770 e. The quantitative estimate of drug-likeness (QED) is 0.497. The summed E-state index contributed by atoms with van der Waals surface area (Å²) in [6.45, 7) is 0. The average Bonchev–Trinajstić information content (AvgIpc) is 1.54. The molecule has 0 aliphatic carbocycles. The predicted octanol–water partition coefficient (Wildman–Crippen LogP) is 2.11. The molecular formula is C10H23N3Ti2. The van der Waals surface area contributed by atoms with Gasteiger partial charge in [-0.05, 0) is 0 Å². The molecule has 5 heteroatoms. The van der Waals surface area contributed by atoms with E-state index in [0.29, 0.717) is 0 Å². The maximum Gasteiger partial charge on any atom is 4.00 e. The Hall–Kier alpha value is 1.31. The van der Waals surface area contributed by atoms with E-state index in [4.69, 9.17) is 0 Å². The van der Waals surface area contributed by atoms with Gasteiger partial charge in [-0.2, -0.15) is 0 Å². The van der Waals surface area contributed by atoms with Crippen LogP contribution in [0, 0.1) is 56.8 Å². The van der Waals surface area contributed by atoms with Gasteiger partial charge in [0.05, 0.1) is 0 Å². The van der Waals surface area contributed by atoms with Crippen molar-refractivity contribution >= 4 is 0 Å². The van der Waals surface area contributed by atoms with E-state index in [-0.39, 0.29) is 50.9 Å². The van der Waals surface area contributed by atoms with Crippen LogP contribution in [-0.2, 0) is 43.4 Å². The van der Waals surface area contributed by atoms with Crippen LogP contribution < -0.4 is 0 Å². The van der Waals surface area contributed by atoms with E-state index in [9.17, 15) is 0 Å². The van der Waals surface area contributed by atoms with Crippen LogP contribution >= 0.6 is 0 Å². The topological polar surface area (TPSA) is 9.72 Å². The van der Waals surface area contributed by atoms with Crippen LogP contribution in [0.15, 0.2) is 0 Å². The van der Waals surface area contributed by atoms with Gasteiger partial charge < -0.3 is 71.5 Å². The summed E-state index contributed by atoms with van der Waals surface area (Å²) < 4.78 is 0. The summed E-state index contributed by atoms with van der Waals surface area (Å²) in [6, 6.07) is 0. The van der Waals surface area contributed by atoms with Gasteiger partial charge in [-0.15, -0.1) is 0 Å². The van der Waals surface area contributed by atoms with Gasteiger partial charge in [0.15, 0.2) is 0 Å². The van der Waals surface area contributed by atoms with Crippen molar-refractivity contribution in [1.29, 1.82) is 0 Å². The van der Waals surface area contributed by atoms with E-state index in [1.807, 2.05) is 0 Å². The van der Waals surface area contributed by atoms with E-state index in [0.717, 1.165) is 0 Å². The molecular weight excluding hydrogens is 258 g/mol. The third kappa shape index (κ3) is 1580. The maximum absolute atomic E-state index is 3.36. The first-order chi connectivity index (χ1) is 5.20. The van der Waals surface area contributed by atoms with Crippen LogP contribution in [0.5, 0.6) is 0 Å². The molecule has 0 saturated heterocycles. The van der Waals surface area contributed by atoms with Crippen LogP contribution in [0.1, 0.15) is 0 Å². The molecule has 0 heterocycles. The molecule has 0 saturated carbocycles. The first kappa shape index (κ1) is 36.0. The third-order valence-corrected chi connectivity index (χ3v) is 0. The van der Waals surface area contributed by atoms with E-state index >= 15 is 0 Å². The Labute approximate surface area is 128 Å². The van der Waals surface area contributed by atoms with Gasteiger partial charge in [-0.25, -0.2) is 0 Å². The van der Waals surface area contributed by atoms with E-state index in [1.165, 1.54) is 14.7 Å². The first-order valence-corrected chi connectivity index (χ1v) is 3.11. The molecule has 0 aliphatic rings. The fourth-order valence-electron chi connectivity index (χ4n) is 0. The van der Waals surface area contributed by atoms with E-state index < -0.39 is 0 Å². The number of nitrogens with zero attached hydrogens (tertiary/aromatic N) is 3. The zero-order valence-electron chi connectivity index (χ0n) is 10.3. The molecule has 3 nitrogen and oxygen atoms in total. The van der Waals surface area contributed by atoms with Crippen molar-refractivity contribution < 1.29 is 43.4 Å². The van der Waals surface area contributed by atoms with Crippen molar-refractivity contribution in [1.82, 2.24) is 14.7 Å². The molecule has 0 aromatic carbocycles.